The first-order valence-corrected chi connectivity index (χ1v) is 10.0. The Bertz CT molecular complexity index is 1030. The van der Waals surface area contributed by atoms with Crippen molar-refractivity contribution in [3.63, 3.8) is 0 Å². The van der Waals surface area contributed by atoms with E-state index in [-0.39, 0.29) is 28.0 Å². The Balaban J connectivity index is 1.85. The number of nitrogens with zero attached hydrogens (tertiary/aromatic N) is 1. The highest BCUT2D eigenvalue weighted by Crippen LogP contribution is 2.45. The summed E-state index contributed by atoms with van der Waals surface area (Å²) in [5, 5.41) is 4.37. The van der Waals surface area contributed by atoms with E-state index in [2.05, 4.69) is 10.3 Å². The quantitative estimate of drug-likeness (QED) is 0.766. The van der Waals surface area contributed by atoms with Gasteiger partial charge in [0.2, 0.25) is 15.7 Å². The molecule has 25 heavy (non-hydrogen) atoms. The van der Waals surface area contributed by atoms with Crippen LogP contribution in [-0.2, 0) is 14.6 Å². The maximum Gasteiger partial charge on any atom is 0.225 e. The summed E-state index contributed by atoms with van der Waals surface area (Å²) in [7, 11) is -3.69. The van der Waals surface area contributed by atoms with Crippen molar-refractivity contribution >= 4 is 32.8 Å². The molecule has 1 aromatic carbocycles. The Kier molecular flexibility index (Phi) is 3.89. The van der Waals surface area contributed by atoms with E-state index < -0.39 is 9.84 Å². The van der Waals surface area contributed by atoms with E-state index in [4.69, 9.17) is 0 Å². The number of carbonyl (C=O) groups excluding carboxylic acids is 1. The van der Waals surface area contributed by atoms with Crippen molar-refractivity contribution < 1.29 is 13.2 Å². The second kappa shape index (κ2) is 6.09. The summed E-state index contributed by atoms with van der Waals surface area (Å²) in [4.78, 5) is 17.5. The van der Waals surface area contributed by atoms with E-state index in [0.717, 1.165) is 10.4 Å². The lowest BCUT2D eigenvalue weighted by atomic mass is 9.92. The molecule has 1 N–H and O–H groups in total. The zero-order chi connectivity index (χ0) is 17.4. The van der Waals surface area contributed by atoms with Gasteiger partial charge in [0.15, 0.2) is 0 Å². The first kappa shape index (κ1) is 16.0. The van der Waals surface area contributed by atoms with Gasteiger partial charge in [0.25, 0.3) is 0 Å². The van der Waals surface area contributed by atoms with Gasteiger partial charge in [0.1, 0.15) is 4.90 Å². The number of fused-ring (bicyclic) bond motifs is 1. The molecule has 5 nitrogen and oxygen atoms in total. The molecule has 1 aliphatic heterocycles. The molecule has 1 aliphatic rings. The first-order valence-electron chi connectivity index (χ1n) is 7.68. The van der Waals surface area contributed by atoms with E-state index in [1.807, 2.05) is 12.1 Å². The average molecular weight is 370 g/mol. The smallest absolute Gasteiger partial charge is 0.225 e. The second-order valence-corrected chi connectivity index (χ2v) is 8.58. The van der Waals surface area contributed by atoms with Gasteiger partial charge in [0, 0.05) is 35.0 Å². The summed E-state index contributed by atoms with van der Waals surface area (Å²) in [6, 6.07) is 12.0. The van der Waals surface area contributed by atoms with Crippen LogP contribution in [0.5, 0.6) is 0 Å². The molecule has 0 spiro atoms. The third kappa shape index (κ3) is 2.75. The van der Waals surface area contributed by atoms with Gasteiger partial charge in [-0.3, -0.25) is 9.78 Å². The van der Waals surface area contributed by atoms with Crippen molar-refractivity contribution in [1.29, 1.82) is 0 Å². The van der Waals surface area contributed by atoms with Crippen molar-refractivity contribution in [2.45, 2.75) is 22.1 Å². The van der Waals surface area contributed by atoms with Crippen LogP contribution in [0.25, 0.3) is 0 Å². The summed E-state index contributed by atoms with van der Waals surface area (Å²) in [5.41, 5.74) is 1.31. The van der Waals surface area contributed by atoms with Crippen LogP contribution >= 0.6 is 11.3 Å². The summed E-state index contributed by atoms with van der Waals surface area (Å²) in [6.07, 6.45) is 3.68. The number of rotatable bonds is 3. The molecule has 3 heterocycles. The molecule has 3 aromatic rings. The van der Waals surface area contributed by atoms with Gasteiger partial charge in [-0.25, -0.2) is 8.42 Å². The average Bonchev–Trinajstić information content (AvgIpc) is 3.07. The van der Waals surface area contributed by atoms with Gasteiger partial charge < -0.3 is 5.32 Å². The largest absolute Gasteiger partial charge is 0.324 e. The number of hydrogen-bond acceptors (Lipinski definition) is 5. The van der Waals surface area contributed by atoms with E-state index in [9.17, 15) is 13.2 Å². The van der Waals surface area contributed by atoms with Gasteiger partial charge >= 0.3 is 0 Å². The van der Waals surface area contributed by atoms with Crippen LogP contribution in [0.2, 0.25) is 0 Å². The van der Waals surface area contributed by atoms with Crippen LogP contribution in [0.3, 0.4) is 0 Å². The minimum absolute atomic E-state index is 0.153. The van der Waals surface area contributed by atoms with Gasteiger partial charge in [-0.2, -0.15) is 0 Å². The normalized spacial score (nSPS) is 17.0. The molecule has 0 fully saturated rings. The molecular formula is C18H14N2O3S2. The lowest BCUT2D eigenvalue weighted by molar-refractivity contribution is -0.116. The molecule has 0 radical (unpaired) electrons. The number of benzene rings is 1. The Morgan fingerprint density at radius 3 is 2.64 bits per heavy atom. The molecule has 0 saturated carbocycles. The third-order valence-electron chi connectivity index (χ3n) is 4.19. The minimum atomic E-state index is -3.69. The molecule has 2 aromatic heterocycles. The van der Waals surface area contributed by atoms with Gasteiger partial charge in [-0.1, -0.05) is 24.3 Å². The molecular weight excluding hydrogens is 356 g/mol. The number of amides is 1. The fraction of sp³-hybridized carbons (Fsp3) is 0.111. The molecule has 1 amide bonds. The number of aromatic nitrogens is 1. The fourth-order valence-corrected chi connectivity index (χ4v) is 5.91. The molecule has 0 unspecified atom stereocenters. The van der Waals surface area contributed by atoms with Crippen LogP contribution in [0.1, 0.15) is 22.8 Å². The SMILES string of the molecule is O=C1C[C@@H](c2cccnc2)c2scc(S(=O)(=O)c3ccccc3)c2N1. The number of anilines is 1. The topological polar surface area (TPSA) is 76.1 Å². The predicted octanol–water partition coefficient (Wildman–Crippen LogP) is 3.45. The maximum absolute atomic E-state index is 13.0. The molecule has 0 saturated heterocycles. The van der Waals surface area contributed by atoms with Crippen molar-refractivity contribution in [1.82, 2.24) is 4.98 Å². The van der Waals surface area contributed by atoms with Crippen LogP contribution in [0.15, 0.2) is 70.0 Å². The van der Waals surface area contributed by atoms with Crippen LogP contribution < -0.4 is 5.32 Å². The van der Waals surface area contributed by atoms with Crippen molar-refractivity contribution in [2.24, 2.45) is 0 Å². The van der Waals surface area contributed by atoms with Gasteiger partial charge in [-0.05, 0) is 23.8 Å². The second-order valence-electron chi connectivity index (χ2n) is 5.75. The van der Waals surface area contributed by atoms with Crippen LogP contribution in [-0.4, -0.2) is 19.3 Å². The molecule has 7 heteroatoms. The van der Waals surface area contributed by atoms with E-state index >= 15 is 0 Å². The van der Waals surface area contributed by atoms with Crippen molar-refractivity contribution in [3.05, 3.63) is 70.7 Å². The summed E-state index contributed by atoms with van der Waals surface area (Å²) in [5.74, 6) is -0.369. The molecule has 1 atom stereocenters. The van der Waals surface area contributed by atoms with E-state index in [1.54, 1.807) is 48.1 Å². The van der Waals surface area contributed by atoms with Crippen molar-refractivity contribution in [2.75, 3.05) is 5.32 Å². The number of sulfone groups is 1. The van der Waals surface area contributed by atoms with Crippen LogP contribution in [0, 0.1) is 0 Å². The predicted molar refractivity (Wildman–Crippen MR) is 95.5 cm³/mol. The summed E-state index contributed by atoms with van der Waals surface area (Å²) >= 11 is 1.36. The minimum Gasteiger partial charge on any atom is -0.324 e. The van der Waals surface area contributed by atoms with E-state index in [1.165, 1.54) is 11.3 Å². The Morgan fingerprint density at radius 1 is 1.12 bits per heavy atom. The monoisotopic (exact) mass is 370 g/mol. The number of nitrogens with one attached hydrogen (secondary N) is 1. The Labute approximate surface area is 149 Å². The zero-order valence-corrected chi connectivity index (χ0v) is 14.7. The highest BCUT2D eigenvalue weighted by molar-refractivity contribution is 7.91. The number of thiophene rings is 1. The number of hydrogen-bond donors (Lipinski definition) is 1. The zero-order valence-electron chi connectivity index (χ0n) is 13.0. The summed E-state index contributed by atoms with van der Waals surface area (Å²) in [6.45, 7) is 0. The highest BCUT2D eigenvalue weighted by atomic mass is 32.2. The van der Waals surface area contributed by atoms with E-state index in [0.29, 0.717) is 5.69 Å². The first-order chi connectivity index (χ1) is 12.1. The fourth-order valence-electron chi connectivity index (χ4n) is 2.98. The van der Waals surface area contributed by atoms with Gasteiger partial charge in [-0.15, -0.1) is 11.3 Å². The third-order valence-corrected chi connectivity index (χ3v) is 7.23. The molecule has 126 valence electrons. The summed E-state index contributed by atoms with van der Waals surface area (Å²) < 4.78 is 25.9. The lowest BCUT2D eigenvalue weighted by Gasteiger charge is -2.23. The number of carbonyl (C=O) groups is 1. The van der Waals surface area contributed by atoms with Gasteiger partial charge in [0.05, 0.1) is 10.6 Å². The van der Waals surface area contributed by atoms with Crippen LogP contribution in [0.4, 0.5) is 5.69 Å². The molecule has 0 aliphatic carbocycles. The Hall–Kier alpha value is -2.51. The van der Waals surface area contributed by atoms with Crippen molar-refractivity contribution in [3.8, 4) is 0 Å². The number of pyridine rings is 1. The molecule has 0 bridgehead atoms. The standard InChI is InChI=1S/C18H14N2O3S2/c21-16-9-14(12-5-4-8-19-10-12)18-17(20-16)15(11-24-18)25(22,23)13-6-2-1-3-7-13/h1-8,10-11,14H,9H2,(H,20,21)/t14-/m0/s1. The maximum atomic E-state index is 13.0. The highest BCUT2D eigenvalue weighted by Gasteiger charge is 2.34. The lowest BCUT2D eigenvalue weighted by Crippen LogP contribution is -2.23. The molecule has 4 rings (SSSR count). The Morgan fingerprint density at radius 2 is 1.92 bits per heavy atom.